The van der Waals surface area contributed by atoms with Crippen molar-refractivity contribution in [2.75, 3.05) is 7.11 Å². The first kappa shape index (κ1) is 18.4. The number of hydrogen-bond acceptors (Lipinski definition) is 6. The summed E-state index contributed by atoms with van der Waals surface area (Å²) < 4.78 is 29.3. The SMILES string of the molecule is COc1ccc(C(=O)NNS(=O)(=O)c2ccc(C)c([N+](=O)[O-])c2)cc1. The summed E-state index contributed by atoms with van der Waals surface area (Å²) in [5.41, 5.74) is 2.25. The molecule has 0 aliphatic rings. The molecule has 0 unspecified atom stereocenters. The molecule has 0 spiro atoms. The minimum atomic E-state index is -4.16. The average Bonchev–Trinajstić information content (AvgIpc) is 2.59. The second-order valence-electron chi connectivity index (χ2n) is 4.99. The third-order valence-electron chi connectivity index (χ3n) is 3.34. The zero-order valence-electron chi connectivity index (χ0n) is 13.3. The van der Waals surface area contributed by atoms with Crippen molar-refractivity contribution in [3.8, 4) is 5.75 Å². The molecule has 10 heteroatoms. The van der Waals surface area contributed by atoms with Crippen molar-refractivity contribution in [3.05, 3.63) is 63.7 Å². The Hall–Kier alpha value is -2.98. The van der Waals surface area contributed by atoms with Crippen molar-refractivity contribution in [1.82, 2.24) is 10.3 Å². The number of nitrogens with one attached hydrogen (secondary N) is 2. The molecule has 0 aliphatic carbocycles. The fraction of sp³-hybridized carbons (Fsp3) is 0.133. The molecule has 25 heavy (non-hydrogen) atoms. The minimum absolute atomic E-state index is 0.207. The Bertz CT molecular complexity index is 909. The van der Waals surface area contributed by atoms with E-state index in [9.17, 15) is 23.3 Å². The van der Waals surface area contributed by atoms with Gasteiger partial charge < -0.3 is 4.74 Å². The highest BCUT2D eigenvalue weighted by Crippen LogP contribution is 2.21. The molecule has 0 aliphatic heterocycles. The van der Waals surface area contributed by atoms with Crippen molar-refractivity contribution in [2.45, 2.75) is 11.8 Å². The minimum Gasteiger partial charge on any atom is -0.497 e. The second kappa shape index (κ2) is 7.28. The maximum Gasteiger partial charge on any atom is 0.273 e. The maximum atomic E-state index is 12.2. The van der Waals surface area contributed by atoms with Crippen LogP contribution in [0.5, 0.6) is 5.75 Å². The molecular formula is C15H15N3O6S. The maximum absolute atomic E-state index is 12.2. The predicted octanol–water partition coefficient (Wildman–Crippen LogP) is 1.54. The lowest BCUT2D eigenvalue weighted by Crippen LogP contribution is -2.41. The third-order valence-corrected chi connectivity index (χ3v) is 4.58. The number of aryl methyl sites for hydroxylation is 1. The molecule has 2 aromatic carbocycles. The van der Waals surface area contributed by atoms with Crippen LogP contribution in [0.4, 0.5) is 5.69 Å². The van der Waals surface area contributed by atoms with Crippen LogP contribution in [-0.4, -0.2) is 26.4 Å². The summed E-state index contributed by atoms with van der Waals surface area (Å²) in [6.45, 7) is 1.49. The lowest BCUT2D eigenvalue weighted by atomic mass is 10.2. The number of nitro benzene ring substituents is 1. The second-order valence-corrected chi connectivity index (χ2v) is 6.68. The summed E-state index contributed by atoms with van der Waals surface area (Å²) >= 11 is 0. The number of rotatable bonds is 6. The van der Waals surface area contributed by atoms with Crippen molar-refractivity contribution >= 4 is 21.6 Å². The van der Waals surface area contributed by atoms with Gasteiger partial charge in [0.05, 0.1) is 16.9 Å². The van der Waals surface area contributed by atoms with Crippen LogP contribution in [-0.2, 0) is 10.0 Å². The topological polar surface area (TPSA) is 128 Å². The van der Waals surface area contributed by atoms with Gasteiger partial charge >= 0.3 is 0 Å². The standard InChI is InChI=1S/C15H15N3O6S/c1-10-3-8-13(9-14(10)18(20)21)25(22,23)17-16-15(19)11-4-6-12(24-2)7-5-11/h3-9,17H,1-2H3,(H,16,19). The number of benzene rings is 2. The molecule has 2 rings (SSSR count). The van der Waals surface area contributed by atoms with Crippen LogP contribution in [0.15, 0.2) is 47.4 Å². The van der Waals surface area contributed by atoms with Gasteiger partial charge in [-0.2, -0.15) is 0 Å². The number of nitrogens with zero attached hydrogens (tertiary/aromatic N) is 1. The van der Waals surface area contributed by atoms with Crippen LogP contribution in [0, 0.1) is 17.0 Å². The molecule has 0 heterocycles. The number of ether oxygens (including phenoxy) is 1. The van der Waals surface area contributed by atoms with Crippen molar-refractivity contribution in [2.24, 2.45) is 0 Å². The van der Waals surface area contributed by atoms with Crippen LogP contribution < -0.4 is 15.0 Å². The average molecular weight is 365 g/mol. The summed E-state index contributed by atoms with van der Waals surface area (Å²) in [5, 5.41) is 10.9. The number of hydrazine groups is 1. The lowest BCUT2D eigenvalue weighted by Gasteiger charge is -2.09. The van der Waals surface area contributed by atoms with E-state index >= 15 is 0 Å². The van der Waals surface area contributed by atoms with Crippen LogP contribution in [0.2, 0.25) is 0 Å². The Morgan fingerprint density at radius 1 is 1.16 bits per heavy atom. The molecule has 2 N–H and O–H groups in total. The molecule has 1 amide bonds. The predicted molar refractivity (Wildman–Crippen MR) is 88.6 cm³/mol. The Morgan fingerprint density at radius 3 is 2.36 bits per heavy atom. The number of amides is 1. The fourth-order valence-electron chi connectivity index (χ4n) is 1.94. The molecule has 0 saturated carbocycles. The summed E-state index contributed by atoms with van der Waals surface area (Å²) in [4.78, 5) is 23.8. The van der Waals surface area contributed by atoms with E-state index in [-0.39, 0.29) is 16.1 Å². The van der Waals surface area contributed by atoms with Crippen LogP contribution >= 0.6 is 0 Å². The quantitative estimate of drug-likeness (QED) is 0.590. The molecular weight excluding hydrogens is 350 g/mol. The van der Waals surface area contributed by atoms with Crippen LogP contribution in [0.1, 0.15) is 15.9 Å². The Labute approximate surface area is 143 Å². The first-order chi connectivity index (χ1) is 11.7. The molecule has 0 radical (unpaired) electrons. The van der Waals surface area contributed by atoms with E-state index in [0.29, 0.717) is 11.3 Å². The van der Waals surface area contributed by atoms with Gasteiger partial charge in [-0.25, -0.2) is 8.42 Å². The van der Waals surface area contributed by atoms with Gasteiger partial charge in [0.25, 0.3) is 21.6 Å². The molecule has 0 atom stereocenters. The van der Waals surface area contributed by atoms with Gasteiger partial charge in [-0.3, -0.25) is 20.3 Å². The normalized spacial score (nSPS) is 11.0. The first-order valence-corrected chi connectivity index (χ1v) is 8.44. The molecule has 0 aromatic heterocycles. The van der Waals surface area contributed by atoms with E-state index in [0.717, 1.165) is 6.07 Å². The fourth-order valence-corrected chi connectivity index (χ4v) is 2.80. The van der Waals surface area contributed by atoms with E-state index in [2.05, 4.69) is 5.43 Å². The number of methoxy groups -OCH3 is 1. The van der Waals surface area contributed by atoms with Gasteiger partial charge in [-0.15, -0.1) is 4.83 Å². The highest BCUT2D eigenvalue weighted by Gasteiger charge is 2.20. The summed E-state index contributed by atoms with van der Waals surface area (Å²) in [7, 11) is -2.68. The van der Waals surface area contributed by atoms with Gasteiger partial charge in [-0.1, -0.05) is 6.07 Å². The van der Waals surface area contributed by atoms with Gasteiger partial charge in [0.15, 0.2) is 0 Å². The first-order valence-electron chi connectivity index (χ1n) is 6.96. The van der Waals surface area contributed by atoms with Crippen molar-refractivity contribution in [1.29, 1.82) is 0 Å². The van der Waals surface area contributed by atoms with Gasteiger partial charge in [0.1, 0.15) is 5.75 Å². The monoisotopic (exact) mass is 365 g/mol. The highest BCUT2D eigenvalue weighted by molar-refractivity contribution is 7.89. The van der Waals surface area contributed by atoms with Gasteiger partial charge in [-0.05, 0) is 37.3 Å². The van der Waals surface area contributed by atoms with Gasteiger partial charge in [0.2, 0.25) is 0 Å². The summed E-state index contributed by atoms with van der Waals surface area (Å²) in [5.74, 6) is -0.142. The van der Waals surface area contributed by atoms with E-state index in [1.165, 1.54) is 38.3 Å². The van der Waals surface area contributed by atoms with E-state index in [4.69, 9.17) is 4.74 Å². The van der Waals surface area contributed by atoms with E-state index in [1.54, 1.807) is 12.1 Å². The smallest absolute Gasteiger partial charge is 0.273 e. The largest absolute Gasteiger partial charge is 0.497 e. The van der Waals surface area contributed by atoms with Crippen LogP contribution in [0.3, 0.4) is 0 Å². The van der Waals surface area contributed by atoms with E-state index < -0.39 is 20.9 Å². The van der Waals surface area contributed by atoms with Crippen LogP contribution in [0.25, 0.3) is 0 Å². The number of carbonyl (C=O) groups is 1. The molecule has 0 fully saturated rings. The zero-order chi connectivity index (χ0) is 18.6. The number of carbonyl (C=O) groups excluding carboxylic acids is 1. The summed E-state index contributed by atoms with van der Waals surface area (Å²) in [6, 6.07) is 9.47. The lowest BCUT2D eigenvalue weighted by molar-refractivity contribution is -0.385. The number of sulfonamides is 1. The van der Waals surface area contributed by atoms with Gasteiger partial charge in [0, 0.05) is 17.2 Å². The van der Waals surface area contributed by atoms with Crippen molar-refractivity contribution in [3.63, 3.8) is 0 Å². The molecule has 132 valence electrons. The Morgan fingerprint density at radius 2 is 1.80 bits per heavy atom. The molecule has 2 aromatic rings. The Balaban J connectivity index is 2.14. The summed E-state index contributed by atoms with van der Waals surface area (Å²) in [6.07, 6.45) is 0. The number of nitro groups is 1. The molecule has 9 nitrogen and oxygen atoms in total. The Kier molecular flexibility index (Phi) is 5.35. The zero-order valence-corrected chi connectivity index (χ0v) is 14.2. The molecule has 0 saturated heterocycles. The van der Waals surface area contributed by atoms with Crippen molar-refractivity contribution < 1.29 is 22.9 Å². The third kappa shape index (κ3) is 4.31. The number of hydrogen-bond donors (Lipinski definition) is 2. The van der Waals surface area contributed by atoms with E-state index in [1.807, 2.05) is 4.83 Å². The molecule has 0 bridgehead atoms. The highest BCUT2D eigenvalue weighted by atomic mass is 32.2.